The Morgan fingerprint density at radius 3 is 2.67 bits per heavy atom. The van der Waals surface area contributed by atoms with E-state index in [1.54, 1.807) is 18.2 Å². The first kappa shape index (κ1) is 10.1. The number of phenolic OH excluding ortho intramolecular Hbond substituents is 1. The summed E-state index contributed by atoms with van der Waals surface area (Å²) >= 11 is 0. The van der Waals surface area contributed by atoms with Crippen molar-refractivity contribution in [2.75, 3.05) is 0 Å². The van der Waals surface area contributed by atoms with Gasteiger partial charge in [-0.1, -0.05) is 18.2 Å². The van der Waals surface area contributed by atoms with E-state index in [2.05, 4.69) is 6.58 Å². The van der Waals surface area contributed by atoms with Crippen molar-refractivity contribution < 1.29 is 9.84 Å². The lowest BCUT2D eigenvalue weighted by Gasteiger charge is -2.24. The molecular weight excluding hydrogens is 188 g/mol. The highest BCUT2D eigenvalue weighted by Crippen LogP contribution is 2.27. The summed E-state index contributed by atoms with van der Waals surface area (Å²) in [6.07, 6.45) is 4.47. The summed E-state index contributed by atoms with van der Waals surface area (Å²) in [5.41, 5.74) is 1.32. The zero-order chi connectivity index (χ0) is 10.7. The molecule has 0 spiro atoms. The van der Waals surface area contributed by atoms with Gasteiger partial charge in [0.1, 0.15) is 11.5 Å². The molecule has 1 aliphatic carbocycles. The quantitative estimate of drug-likeness (QED) is 0.749. The van der Waals surface area contributed by atoms with Crippen LogP contribution < -0.4 is 4.74 Å². The van der Waals surface area contributed by atoms with Crippen molar-refractivity contribution in [2.45, 2.75) is 31.8 Å². The number of rotatable bonds is 2. The maximum absolute atomic E-state index is 9.29. The molecule has 0 saturated heterocycles. The number of phenols is 1. The third-order valence-corrected chi connectivity index (χ3v) is 2.76. The summed E-state index contributed by atoms with van der Waals surface area (Å²) < 4.78 is 5.78. The third kappa shape index (κ3) is 2.75. The van der Waals surface area contributed by atoms with Crippen molar-refractivity contribution in [1.82, 2.24) is 0 Å². The highest BCUT2D eigenvalue weighted by molar-refractivity contribution is 5.31. The topological polar surface area (TPSA) is 29.5 Å². The van der Waals surface area contributed by atoms with Gasteiger partial charge in [-0.05, 0) is 37.8 Å². The molecule has 0 atom stereocenters. The van der Waals surface area contributed by atoms with Crippen LogP contribution in [0.3, 0.4) is 0 Å². The monoisotopic (exact) mass is 204 g/mol. The SMILES string of the molecule is C=C1CCC(Oc2cccc(O)c2)CC1. The van der Waals surface area contributed by atoms with Crippen LogP contribution in [0.2, 0.25) is 0 Å². The fourth-order valence-corrected chi connectivity index (χ4v) is 1.87. The van der Waals surface area contributed by atoms with E-state index in [-0.39, 0.29) is 11.9 Å². The first-order valence-corrected chi connectivity index (χ1v) is 5.36. The van der Waals surface area contributed by atoms with Crippen LogP contribution in [0.1, 0.15) is 25.7 Å². The molecule has 15 heavy (non-hydrogen) atoms. The molecule has 2 rings (SSSR count). The van der Waals surface area contributed by atoms with Crippen LogP contribution in [0, 0.1) is 0 Å². The highest BCUT2D eigenvalue weighted by atomic mass is 16.5. The van der Waals surface area contributed by atoms with Gasteiger partial charge in [-0.25, -0.2) is 0 Å². The molecule has 1 aliphatic rings. The molecule has 0 aliphatic heterocycles. The fraction of sp³-hybridized carbons (Fsp3) is 0.385. The molecule has 80 valence electrons. The smallest absolute Gasteiger partial charge is 0.123 e. The Labute approximate surface area is 90.2 Å². The minimum Gasteiger partial charge on any atom is -0.508 e. The van der Waals surface area contributed by atoms with E-state index in [9.17, 15) is 5.11 Å². The van der Waals surface area contributed by atoms with Gasteiger partial charge in [0, 0.05) is 6.07 Å². The molecule has 1 aromatic rings. The Kier molecular flexibility index (Phi) is 2.95. The predicted octanol–water partition coefficient (Wildman–Crippen LogP) is 3.27. The van der Waals surface area contributed by atoms with E-state index < -0.39 is 0 Å². The van der Waals surface area contributed by atoms with Crippen molar-refractivity contribution in [3.8, 4) is 11.5 Å². The molecule has 0 unspecified atom stereocenters. The summed E-state index contributed by atoms with van der Waals surface area (Å²) in [5, 5.41) is 9.29. The first-order valence-electron chi connectivity index (χ1n) is 5.36. The molecule has 1 N–H and O–H groups in total. The molecule has 0 bridgehead atoms. The molecular formula is C13H16O2. The van der Waals surface area contributed by atoms with E-state index in [0.29, 0.717) is 0 Å². The number of hydrogen-bond donors (Lipinski definition) is 1. The molecule has 1 saturated carbocycles. The number of hydrogen-bond acceptors (Lipinski definition) is 2. The second-order valence-electron chi connectivity index (χ2n) is 4.06. The Bertz CT molecular complexity index is 347. The standard InChI is InChI=1S/C13H16O2/c1-10-5-7-12(8-6-10)15-13-4-2-3-11(14)9-13/h2-4,9,12,14H,1,5-8H2. The highest BCUT2D eigenvalue weighted by Gasteiger charge is 2.16. The lowest BCUT2D eigenvalue weighted by Crippen LogP contribution is -2.20. The van der Waals surface area contributed by atoms with Gasteiger partial charge in [0.2, 0.25) is 0 Å². The number of benzene rings is 1. The van der Waals surface area contributed by atoms with Crippen molar-refractivity contribution in [3.05, 3.63) is 36.4 Å². The lowest BCUT2D eigenvalue weighted by molar-refractivity contribution is 0.169. The van der Waals surface area contributed by atoms with Gasteiger partial charge in [0.15, 0.2) is 0 Å². The summed E-state index contributed by atoms with van der Waals surface area (Å²) in [5.74, 6) is 1.01. The van der Waals surface area contributed by atoms with E-state index >= 15 is 0 Å². The Morgan fingerprint density at radius 2 is 2.00 bits per heavy atom. The zero-order valence-corrected chi connectivity index (χ0v) is 8.78. The van der Waals surface area contributed by atoms with Crippen LogP contribution in [-0.2, 0) is 0 Å². The van der Waals surface area contributed by atoms with Gasteiger partial charge < -0.3 is 9.84 Å². The van der Waals surface area contributed by atoms with Gasteiger partial charge in [0.25, 0.3) is 0 Å². The summed E-state index contributed by atoms with van der Waals surface area (Å²) in [7, 11) is 0. The Balaban J connectivity index is 1.94. The fourth-order valence-electron chi connectivity index (χ4n) is 1.87. The van der Waals surface area contributed by atoms with Crippen molar-refractivity contribution in [1.29, 1.82) is 0 Å². The molecule has 2 heteroatoms. The molecule has 1 fully saturated rings. The maximum atomic E-state index is 9.29. The second-order valence-corrected chi connectivity index (χ2v) is 4.06. The molecule has 0 amide bonds. The van der Waals surface area contributed by atoms with Gasteiger partial charge in [-0.3, -0.25) is 0 Å². The molecule has 1 aromatic carbocycles. The number of allylic oxidation sites excluding steroid dienone is 1. The zero-order valence-electron chi connectivity index (χ0n) is 8.78. The van der Waals surface area contributed by atoms with Crippen LogP contribution in [0.15, 0.2) is 36.4 Å². The van der Waals surface area contributed by atoms with Crippen LogP contribution >= 0.6 is 0 Å². The minimum absolute atomic E-state index is 0.257. The average Bonchev–Trinajstić information content (AvgIpc) is 2.22. The van der Waals surface area contributed by atoms with Crippen molar-refractivity contribution in [2.24, 2.45) is 0 Å². The van der Waals surface area contributed by atoms with E-state index in [4.69, 9.17) is 4.74 Å². The molecule has 0 aromatic heterocycles. The van der Waals surface area contributed by atoms with Crippen LogP contribution in [0.5, 0.6) is 11.5 Å². The van der Waals surface area contributed by atoms with Crippen molar-refractivity contribution >= 4 is 0 Å². The Morgan fingerprint density at radius 1 is 1.27 bits per heavy atom. The predicted molar refractivity (Wildman–Crippen MR) is 60.1 cm³/mol. The number of aromatic hydroxyl groups is 1. The van der Waals surface area contributed by atoms with Gasteiger partial charge >= 0.3 is 0 Å². The number of ether oxygens (including phenoxy) is 1. The average molecular weight is 204 g/mol. The third-order valence-electron chi connectivity index (χ3n) is 2.76. The van der Waals surface area contributed by atoms with E-state index in [1.807, 2.05) is 6.07 Å². The summed E-state index contributed by atoms with van der Waals surface area (Å²) in [4.78, 5) is 0. The van der Waals surface area contributed by atoms with Gasteiger partial charge in [-0.2, -0.15) is 0 Å². The summed E-state index contributed by atoms with van der Waals surface area (Å²) in [6.45, 7) is 3.97. The largest absolute Gasteiger partial charge is 0.508 e. The van der Waals surface area contributed by atoms with Crippen molar-refractivity contribution in [3.63, 3.8) is 0 Å². The van der Waals surface area contributed by atoms with E-state index in [0.717, 1.165) is 31.4 Å². The first-order chi connectivity index (χ1) is 7.24. The maximum Gasteiger partial charge on any atom is 0.123 e. The summed E-state index contributed by atoms with van der Waals surface area (Å²) in [6, 6.07) is 6.98. The van der Waals surface area contributed by atoms with Gasteiger partial charge in [-0.15, -0.1) is 0 Å². The van der Waals surface area contributed by atoms with Crippen LogP contribution in [0.25, 0.3) is 0 Å². The minimum atomic E-state index is 0.257. The van der Waals surface area contributed by atoms with E-state index in [1.165, 1.54) is 5.57 Å². The lowest BCUT2D eigenvalue weighted by atomic mass is 9.94. The van der Waals surface area contributed by atoms with Crippen LogP contribution in [-0.4, -0.2) is 11.2 Å². The molecule has 0 heterocycles. The van der Waals surface area contributed by atoms with Crippen LogP contribution in [0.4, 0.5) is 0 Å². The molecule has 2 nitrogen and oxygen atoms in total. The molecule has 0 radical (unpaired) electrons. The van der Waals surface area contributed by atoms with Gasteiger partial charge in [0.05, 0.1) is 6.10 Å². The Hall–Kier alpha value is -1.44. The normalized spacial score (nSPS) is 17.7. The second kappa shape index (κ2) is 4.39.